The van der Waals surface area contributed by atoms with Crippen molar-refractivity contribution < 1.29 is 14.3 Å². The van der Waals surface area contributed by atoms with Gasteiger partial charge in [0.1, 0.15) is 5.54 Å². The zero-order chi connectivity index (χ0) is 21.1. The highest BCUT2D eigenvalue weighted by Crippen LogP contribution is 2.31. The van der Waals surface area contributed by atoms with Gasteiger partial charge in [0, 0.05) is 26.3 Å². The van der Waals surface area contributed by atoms with E-state index in [0.717, 1.165) is 36.7 Å². The monoisotopic (exact) mass is 412 g/mol. The van der Waals surface area contributed by atoms with Crippen LogP contribution in [0.15, 0.2) is 24.3 Å². The fourth-order valence-corrected chi connectivity index (χ4v) is 4.81. The maximum absolute atomic E-state index is 13.6. The Hall–Kier alpha value is -2.41. The van der Waals surface area contributed by atoms with E-state index in [2.05, 4.69) is 10.3 Å². The average Bonchev–Trinajstić information content (AvgIpc) is 2.91. The standard InChI is InChI=1S/C23H32N4O3/c1-23(22(29)24-17-10-5-3-4-6-11-17)16-26-19-13-8-7-12-18(19)25-20(26)21(28)27(23)14-9-15-30-2/h7-8,12-13,17H,3-6,9-11,14-16H2,1-2H3,(H,24,29). The van der Waals surface area contributed by atoms with Crippen LogP contribution in [0.1, 0.15) is 62.5 Å². The molecule has 0 saturated heterocycles. The zero-order valence-corrected chi connectivity index (χ0v) is 18.0. The first-order valence-corrected chi connectivity index (χ1v) is 11.1. The minimum absolute atomic E-state index is 0.0661. The van der Waals surface area contributed by atoms with Crippen LogP contribution in [0.5, 0.6) is 0 Å². The van der Waals surface area contributed by atoms with Crippen molar-refractivity contribution in [2.24, 2.45) is 0 Å². The molecule has 1 N–H and O–H groups in total. The van der Waals surface area contributed by atoms with Crippen molar-refractivity contribution in [2.75, 3.05) is 20.3 Å². The summed E-state index contributed by atoms with van der Waals surface area (Å²) in [5.41, 5.74) is 0.713. The van der Waals surface area contributed by atoms with Crippen LogP contribution in [-0.2, 0) is 16.1 Å². The summed E-state index contributed by atoms with van der Waals surface area (Å²) in [6.45, 7) is 3.30. The number of nitrogens with one attached hydrogen (secondary N) is 1. The molecule has 1 fully saturated rings. The first kappa shape index (κ1) is 20.8. The summed E-state index contributed by atoms with van der Waals surface area (Å²) in [7, 11) is 1.65. The van der Waals surface area contributed by atoms with E-state index in [9.17, 15) is 9.59 Å². The predicted molar refractivity (Wildman–Crippen MR) is 115 cm³/mol. The Morgan fingerprint density at radius 1 is 1.23 bits per heavy atom. The molecule has 2 heterocycles. The molecule has 7 nitrogen and oxygen atoms in total. The maximum Gasteiger partial charge on any atom is 0.290 e. The number of methoxy groups -OCH3 is 1. The van der Waals surface area contributed by atoms with Gasteiger partial charge in [-0.15, -0.1) is 0 Å². The molecule has 7 heteroatoms. The molecule has 0 radical (unpaired) electrons. The quantitative estimate of drug-likeness (QED) is 0.584. The van der Waals surface area contributed by atoms with Gasteiger partial charge in [-0.3, -0.25) is 9.59 Å². The maximum atomic E-state index is 13.6. The molecule has 1 aromatic carbocycles. The van der Waals surface area contributed by atoms with Crippen LogP contribution < -0.4 is 5.32 Å². The molecule has 2 aromatic rings. The Bertz CT molecular complexity index is 916. The van der Waals surface area contributed by atoms with Gasteiger partial charge in [-0.1, -0.05) is 37.8 Å². The van der Waals surface area contributed by atoms with E-state index in [1.54, 1.807) is 12.0 Å². The van der Waals surface area contributed by atoms with Crippen LogP contribution in [-0.4, -0.2) is 58.1 Å². The fourth-order valence-electron chi connectivity index (χ4n) is 4.81. The SMILES string of the molecule is COCCCN1C(=O)c2nc3ccccc3n2CC1(C)C(=O)NC1CCCCCC1. The van der Waals surface area contributed by atoms with E-state index < -0.39 is 5.54 Å². The lowest BCUT2D eigenvalue weighted by Crippen LogP contribution is -2.65. The number of nitrogens with zero attached hydrogens (tertiary/aromatic N) is 3. The van der Waals surface area contributed by atoms with Gasteiger partial charge in [0.2, 0.25) is 5.91 Å². The molecule has 2 amide bonds. The van der Waals surface area contributed by atoms with E-state index in [0.29, 0.717) is 31.9 Å². The van der Waals surface area contributed by atoms with Gasteiger partial charge in [0.25, 0.3) is 5.91 Å². The number of benzene rings is 1. The van der Waals surface area contributed by atoms with Gasteiger partial charge in [-0.25, -0.2) is 4.98 Å². The van der Waals surface area contributed by atoms with E-state index in [1.807, 2.05) is 35.8 Å². The van der Waals surface area contributed by atoms with Crippen LogP contribution in [0.4, 0.5) is 0 Å². The van der Waals surface area contributed by atoms with Crippen molar-refractivity contribution in [3.05, 3.63) is 30.1 Å². The molecule has 1 unspecified atom stereocenters. The van der Waals surface area contributed by atoms with Crippen LogP contribution >= 0.6 is 0 Å². The third-order valence-electron chi connectivity index (χ3n) is 6.56. The molecule has 1 saturated carbocycles. The molecule has 0 spiro atoms. The number of imidazole rings is 1. The summed E-state index contributed by atoms with van der Waals surface area (Å²) in [6.07, 6.45) is 7.46. The number of amides is 2. The second kappa shape index (κ2) is 8.76. The highest BCUT2D eigenvalue weighted by Gasteiger charge is 2.48. The molecule has 1 atom stereocenters. The second-order valence-corrected chi connectivity index (χ2v) is 8.75. The predicted octanol–water partition coefficient (Wildman–Crippen LogP) is 3.13. The summed E-state index contributed by atoms with van der Waals surface area (Å²) in [5, 5.41) is 3.28. The Kier molecular flexibility index (Phi) is 6.09. The van der Waals surface area contributed by atoms with Crippen molar-refractivity contribution in [2.45, 2.75) is 70.0 Å². The fraction of sp³-hybridized carbons (Fsp3) is 0.609. The molecule has 1 aliphatic heterocycles. The van der Waals surface area contributed by atoms with Gasteiger partial charge in [-0.05, 0) is 38.3 Å². The third-order valence-corrected chi connectivity index (χ3v) is 6.56. The van der Waals surface area contributed by atoms with Gasteiger partial charge >= 0.3 is 0 Å². The molecule has 1 aromatic heterocycles. The highest BCUT2D eigenvalue weighted by atomic mass is 16.5. The van der Waals surface area contributed by atoms with Crippen LogP contribution in [0.25, 0.3) is 11.0 Å². The lowest BCUT2D eigenvalue weighted by molar-refractivity contribution is -0.133. The molecule has 162 valence electrons. The van der Waals surface area contributed by atoms with Crippen molar-refractivity contribution in [3.8, 4) is 0 Å². The van der Waals surface area contributed by atoms with Crippen LogP contribution in [0.2, 0.25) is 0 Å². The normalized spacial score (nSPS) is 22.7. The first-order valence-electron chi connectivity index (χ1n) is 11.1. The average molecular weight is 413 g/mol. The Morgan fingerprint density at radius 3 is 2.70 bits per heavy atom. The van der Waals surface area contributed by atoms with Crippen LogP contribution in [0, 0.1) is 0 Å². The third kappa shape index (κ3) is 3.83. The smallest absolute Gasteiger partial charge is 0.290 e. The molecule has 4 rings (SSSR count). The number of rotatable bonds is 6. The number of para-hydroxylation sites is 2. The molecule has 2 aliphatic rings. The number of fused-ring (bicyclic) bond motifs is 3. The Morgan fingerprint density at radius 2 is 1.97 bits per heavy atom. The van der Waals surface area contributed by atoms with Crippen molar-refractivity contribution in [1.29, 1.82) is 0 Å². The zero-order valence-electron chi connectivity index (χ0n) is 18.0. The van der Waals surface area contributed by atoms with Crippen molar-refractivity contribution in [1.82, 2.24) is 19.8 Å². The van der Waals surface area contributed by atoms with Crippen molar-refractivity contribution in [3.63, 3.8) is 0 Å². The number of aromatic nitrogens is 2. The minimum Gasteiger partial charge on any atom is -0.385 e. The number of ether oxygens (including phenoxy) is 1. The van der Waals surface area contributed by atoms with E-state index in [4.69, 9.17) is 4.74 Å². The lowest BCUT2D eigenvalue weighted by Gasteiger charge is -2.44. The number of hydrogen-bond donors (Lipinski definition) is 1. The molecule has 0 bridgehead atoms. The molecule has 1 aliphatic carbocycles. The van der Waals surface area contributed by atoms with Crippen LogP contribution in [0.3, 0.4) is 0 Å². The number of carbonyl (C=O) groups excluding carboxylic acids is 2. The van der Waals surface area contributed by atoms with Gasteiger partial charge in [-0.2, -0.15) is 0 Å². The first-order chi connectivity index (χ1) is 14.5. The van der Waals surface area contributed by atoms with Gasteiger partial charge in [0.15, 0.2) is 5.82 Å². The van der Waals surface area contributed by atoms with Gasteiger partial charge < -0.3 is 19.5 Å². The number of carbonyl (C=O) groups is 2. The van der Waals surface area contributed by atoms with Gasteiger partial charge in [0.05, 0.1) is 17.6 Å². The summed E-state index contributed by atoms with van der Waals surface area (Å²) < 4.78 is 7.10. The minimum atomic E-state index is -0.965. The molecule has 30 heavy (non-hydrogen) atoms. The van der Waals surface area contributed by atoms with E-state index >= 15 is 0 Å². The highest BCUT2D eigenvalue weighted by molar-refractivity contribution is 6.01. The largest absolute Gasteiger partial charge is 0.385 e. The summed E-state index contributed by atoms with van der Waals surface area (Å²) in [6, 6.07) is 7.92. The molecular weight excluding hydrogens is 380 g/mol. The van der Waals surface area contributed by atoms with E-state index in [-0.39, 0.29) is 17.9 Å². The lowest BCUT2D eigenvalue weighted by atomic mass is 9.93. The summed E-state index contributed by atoms with van der Waals surface area (Å²) in [4.78, 5) is 33.3. The molecular formula is C23H32N4O3. The van der Waals surface area contributed by atoms with Crippen molar-refractivity contribution >= 4 is 22.8 Å². The second-order valence-electron chi connectivity index (χ2n) is 8.75. The summed E-state index contributed by atoms with van der Waals surface area (Å²) in [5.74, 6) is 0.157. The van der Waals surface area contributed by atoms with E-state index in [1.165, 1.54) is 12.8 Å². The Labute approximate surface area is 177 Å². The number of hydrogen-bond acceptors (Lipinski definition) is 4. The topological polar surface area (TPSA) is 76.5 Å². The Balaban J connectivity index is 1.66. The summed E-state index contributed by atoms with van der Waals surface area (Å²) >= 11 is 0.